The molecule has 120 valence electrons. The second-order valence-electron chi connectivity index (χ2n) is 6.41. The maximum atomic E-state index is 13.0. The molecule has 23 heavy (non-hydrogen) atoms. The molecule has 2 aliphatic rings. The summed E-state index contributed by atoms with van der Waals surface area (Å²) in [5.41, 5.74) is 2.63. The van der Waals surface area contributed by atoms with Gasteiger partial charge in [-0.1, -0.05) is 18.2 Å². The molecule has 1 aliphatic carbocycles. The molecule has 1 aromatic heterocycles. The number of hydrogen-bond acceptors (Lipinski definition) is 3. The van der Waals surface area contributed by atoms with Gasteiger partial charge in [-0.3, -0.25) is 4.79 Å². The van der Waals surface area contributed by atoms with Crippen LogP contribution in [0.4, 0.5) is 0 Å². The van der Waals surface area contributed by atoms with Crippen LogP contribution in [0, 0.1) is 0 Å². The van der Waals surface area contributed by atoms with Crippen molar-refractivity contribution in [1.82, 2.24) is 14.7 Å². The van der Waals surface area contributed by atoms with Gasteiger partial charge in [0.2, 0.25) is 0 Å². The first-order valence-electron chi connectivity index (χ1n) is 8.28. The summed E-state index contributed by atoms with van der Waals surface area (Å²) in [7, 11) is 0. The van der Waals surface area contributed by atoms with Gasteiger partial charge in [0.15, 0.2) is 0 Å². The van der Waals surface area contributed by atoms with Gasteiger partial charge in [0.05, 0.1) is 24.1 Å². The summed E-state index contributed by atoms with van der Waals surface area (Å²) in [6, 6.07) is 11.9. The molecule has 0 spiro atoms. The minimum atomic E-state index is 0.0448. The highest BCUT2D eigenvalue weighted by Crippen LogP contribution is 2.39. The largest absolute Gasteiger partial charge is 0.375 e. The van der Waals surface area contributed by atoms with E-state index < -0.39 is 0 Å². The zero-order valence-corrected chi connectivity index (χ0v) is 13.3. The summed E-state index contributed by atoms with van der Waals surface area (Å²) in [6.07, 6.45) is 2.44. The molecule has 5 nitrogen and oxygen atoms in total. The average molecular weight is 311 g/mol. The lowest BCUT2D eigenvalue weighted by molar-refractivity contribution is -0.0127. The number of aromatic nitrogens is 2. The van der Waals surface area contributed by atoms with Crippen LogP contribution >= 0.6 is 0 Å². The Morgan fingerprint density at radius 1 is 1.26 bits per heavy atom. The molecule has 5 heteroatoms. The van der Waals surface area contributed by atoms with E-state index in [1.165, 1.54) is 12.8 Å². The molecular weight excluding hydrogens is 290 g/mol. The van der Waals surface area contributed by atoms with Crippen molar-refractivity contribution in [1.29, 1.82) is 0 Å². The fourth-order valence-electron chi connectivity index (χ4n) is 3.06. The topological polar surface area (TPSA) is 47.4 Å². The molecule has 0 radical (unpaired) electrons. The Morgan fingerprint density at radius 2 is 2.04 bits per heavy atom. The summed E-state index contributed by atoms with van der Waals surface area (Å²) >= 11 is 0. The van der Waals surface area contributed by atoms with Gasteiger partial charge in [-0.25, -0.2) is 4.68 Å². The van der Waals surface area contributed by atoms with Crippen LogP contribution in [0.25, 0.3) is 5.69 Å². The summed E-state index contributed by atoms with van der Waals surface area (Å²) in [6.45, 7) is 3.88. The Bertz CT molecular complexity index is 706. The van der Waals surface area contributed by atoms with Crippen molar-refractivity contribution in [3.8, 4) is 5.69 Å². The van der Waals surface area contributed by atoms with Crippen LogP contribution in [0.15, 0.2) is 36.4 Å². The number of para-hydroxylation sites is 1. The fraction of sp³-hybridized carbons (Fsp3) is 0.444. The Labute approximate surface area is 135 Å². The smallest absolute Gasteiger partial charge is 0.272 e. The molecule has 1 saturated carbocycles. The van der Waals surface area contributed by atoms with Gasteiger partial charge in [-0.15, -0.1) is 0 Å². The van der Waals surface area contributed by atoms with Gasteiger partial charge < -0.3 is 9.64 Å². The highest BCUT2D eigenvalue weighted by atomic mass is 16.5. The van der Waals surface area contributed by atoms with E-state index >= 15 is 0 Å². The third kappa shape index (κ3) is 2.88. The molecule has 0 N–H and O–H groups in total. The zero-order chi connectivity index (χ0) is 15.8. The number of morpholine rings is 1. The summed E-state index contributed by atoms with van der Waals surface area (Å²) < 4.78 is 7.35. The summed E-state index contributed by atoms with van der Waals surface area (Å²) in [4.78, 5) is 14.9. The Morgan fingerprint density at radius 3 is 2.74 bits per heavy atom. The van der Waals surface area contributed by atoms with Crippen molar-refractivity contribution in [2.24, 2.45) is 0 Å². The van der Waals surface area contributed by atoms with E-state index in [1.807, 2.05) is 48.2 Å². The molecule has 2 fully saturated rings. The first-order chi connectivity index (χ1) is 11.2. The molecule has 1 aliphatic heterocycles. The molecule has 0 bridgehead atoms. The Hall–Kier alpha value is -2.14. The third-order valence-electron chi connectivity index (χ3n) is 4.47. The number of carbonyl (C=O) groups excluding carboxylic acids is 1. The predicted octanol–water partition coefficient (Wildman–Crippen LogP) is 2.61. The molecule has 4 rings (SSSR count). The lowest BCUT2D eigenvalue weighted by Crippen LogP contribution is -2.45. The van der Waals surface area contributed by atoms with E-state index in [-0.39, 0.29) is 12.0 Å². The van der Waals surface area contributed by atoms with Crippen LogP contribution in [0.1, 0.15) is 41.9 Å². The minimum absolute atomic E-state index is 0.0448. The van der Waals surface area contributed by atoms with E-state index in [0.29, 0.717) is 31.3 Å². The van der Waals surface area contributed by atoms with Crippen molar-refractivity contribution < 1.29 is 9.53 Å². The van der Waals surface area contributed by atoms with Crippen molar-refractivity contribution in [2.45, 2.75) is 31.8 Å². The highest BCUT2D eigenvalue weighted by Gasteiger charge is 2.31. The lowest BCUT2D eigenvalue weighted by Gasteiger charge is -2.31. The standard InChI is InChI=1S/C18H21N3O2/c1-13-12-20(9-10-23-13)18(22)17-11-16(14-7-8-14)19-21(17)15-5-3-2-4-6-15/h2-6,11,13-14H,7-10,12H2,1H3/t13-/m1/s1. The van der Waals surface area contributed by atoms with Crippen LogP contribution < -0.4 is 0 Å². The number of carbonyl (C=O) groups is 1. The lowest BCUT2D eigenvalue weighted by atomic mass is 10.2. The van der Waals surface area contributed by atoms with Crippen molar-refractivity contribution >= 4 is 5.91 Å². The second-order valence-corrected chi connectivity index (χ2v) is 6.41. The third-order valence-corrected chi connectivity index (χ3v) is 4.47. The molecule has 2 heterocycles. The summed E-state index contributed by atoms with van der Waals surface area (Å²) in [5, 5.41) is 4.72. The van der Waals surface area contributed by atoms with E-state index in [0.717, 1.165) is 11.4 Å². The number of rotatable bonds is 3. The van der Waals surface area contributed by atoms with Gasteiger partial charge in [0, 0.05) is 19.0 Å². The van der Waals surface area contributed by atoms with Crippen LogP contribution in [0.5, 0.6) is 0 Å². The molecule has 0 unspecified atom stereocenters. The normalized spacial score (nSPS) is 21.4. The van der Waals surface area contributed by atoms with Crippen molar-refractivity contribution in [3.63, 3.8) is 0 Å². The van der Waals surface area contributed by atoms with Gasteiger partial charge in [0.1, 0.15) is 5.69 Å². The number of benzene rings is 1. The molecular formula is C18H21N3O2. The number of hydrogen-bond donors (Lipinski definition) is 0. The molecule has 1 amide bonds. The number of ether oxygens (including phenoxy) is 1. The minimum Gasteiger partial charge on any atom is -0.375 e. The van der Waals surface area contributed by atoms with Gasteiger partial charge in [0.25, 0.3) is 5.91 Å². The summed E-state index contributed by atoms with van der Waals surface area (Å²) in [5.74, 6) is 0.568. The van der Waals surface area contributed by atoms with E-state index in [1.54, 1.807) is 4.68 Å². The van der Waals surface area contributed by atoms with Crippen LogP contribution in [-0.2, 0) is 4.74 Å². The SMILES string of the molecule is C[C@@H]1CN(C(=O)c2cc(C3CC3)nn2-c2ccccc2)CCO1. The van der Waals surface area contributed by atoms with Gasteiger partial charge >= 0.3 is 0 Å². The van der Waals surface area contributed by atoms with E-state index in [9.17, 15) is 4.79 Å². The second kappa shape index (κ2) is 5.81. The monoisotopic (exact) mass is 311 g/mol. The molecule has 1 aromatic carbocycles. The van der Waals surface area contributed by atoms with Crippen LogP contribution in [0.2, 0.25) is 0 Å². The zero-order valence-electron chi connectivity index (χ0n) is 13.3. The quantitative estimate of drug-likeness (QED) is 0.875. The van der Waals surface area contributed by atoms with Crippen LogP contribution in [-0.4, -0.2) is 46.4 Å². The van der Waals surface area contributed by atoms with Gasteiger partial charge in [-0.2, -0.15) is 5.10 Å². The molecule has 1 atom stereocenters. The average Bonchev–Trinajstić information content (AvgIpc) is 3.34. The maximum Gasteiger partial charge on any atom is 0.272 e. The molecule has 2 aromatic rings. The first kappa shape index (κ1) is 14.5. The highest BCUT2D eigenvalue weighted by molar-refractivity contribution is 5.93. The van der Waals surface area contributed by atoms with Crippen molar-refractivity contribution in [2.75, 3.05) is 19.7 Å². The first-order valence-corrected chi connectivity index (χ1v) is 8.28. The number of amides is 1. The Kier molecular flexibility index (Phi) is 3.65. The number of nitrogens with zero attached hydrogens (tertiary/aromatic N) is 3. The fourth-order valence-corrected chi connectivity index (χ4v) is 3.06. The Balaban J connectivity index is 1.70. The van der Waals surface area contributed by atoms with E-state index in [2.05, 4.69) is 0 Å². The predicted molar refractivity (Wildman–Crippen MR) is 86.9 cm³/mol. The van der Waals surface area contributed by atoms with Gasteiger partial charge in [-0.05, 0) is 38.0 Å². The maximum absolute atomic E-state index is 13.0. The molecule has 1 saturated heterocycles. The van der Waals surface area contributed by atoms with Crippen LogP contribution in [0.3, 0.4) is 0 Å². The van der Waals surface area contributed by atoms with Crippen molar-refractivity contribution in [3.05, 3.63) is 47.8 Å². The van der Waals surface area contributed by atoms with E-state index in [4.69, 9.17) is 9.84 Å².